The second kappa shape index (κ2) is 9.14. The fourth-order valence-electron chi connectivity index (χ4n) is 3.28. The molecule has 3 aromatic rings. The maximum Gasteiger partial charge on any atom is 0.163 e. The molecule has 0 amide bonds. The Balaban J connectivity index is 1.84. The summed E-state index contributed by atoms with van der Waals surface area (Å²) in [6.07, 6.45) is 0.619. The Morgan fingerprint density at radius 3 is 1.50 bits per heavy atom. The van der Waals surface area contributed by atoms with E-state index in [1.807, 2.05) is 104 Å². The lowest BCUT2D eigenvalue weighted by atomic mass is 9.86. The minimum Gasteiger partial charge on any atom is -0.378 e. The van der Waals surface area contributed by atoms with E-state index in [4.69, 9.17) is 0 Å². The number of hydrogen-bond acceptors (Lipinski definition) is 3. The number of anilines is 1. The van der Waals surface area contributed by atoms with Crippen LogP contribution in [0, 0.1) is 0 Å². The first kappa shape index (κ1) is 19.6. The molecule has 3 heteroatoms. The summed E-state index contributed by atoms with van der Waals surface area (Å²) in [5.74, 6) is -0.0390. The number of nitrogens with zero attached hydrogens (tertiary/aromatic N) is 1. The Morgan fingerprint density at radius 1 is 0.679 bits per heavy atom. The highest BCUT2D eigenvalue weighted by Crippen LogP contribution is 2.28. The Kier molecular flexibility index (Phi) is 6.38. The molecule has 0 atom stereocenters. The first-order chi connectivity index (χ1) is 13.5. The third-order valence-corrected chi connectivity index (χ3v) is 4.94. The fraction of sp³-hybridized carbons (Fsp3) is 0.200. The van der Waals surface area contributed by atoms with Crippen molar-refractivity contribution in [2.45, 2.75) is 18.8 Å². The van der Waals surface area contributed by atoms with Crippen molar-refractivity contribution in [1.82, 2.24) is 0 Å². The second-order valence-corrected chi connectivity index (χ2v) is 7.17. The quantitative estimate of drug-likeness (QED) is 0.499. The average Bonchev–Trinajstić information content (AvgIpc) is 2.74. The number of Topliss-reactive ketones (excluding diaryl/α,β-unsaturated/α-hetero) is 2. The minimum atomic E-state index is -0.156. The van der Waals surface area contributed by atoms with Gasteiger partial charge in [-0.3, -0.25) is 9.59 Å². The van der Waals surface area contributed by atoms with Crippen LogP contribution in [-0.4, -0.2) is 25.7 Å². The van der Waals surface area contributed by atoms with Crippen molar-refractivity contribution >= 4 is 17.3 Å². The molecule has 0 N–H and O–H groups in total. The van der Waals surface area contributed by atoms with Gasteiger partial charge in [0.15, 0.2) is 11.6 Å². The smallest absolute Gasteiger partial charge is 0.163 e. The predicted octanol–water partition coefficient (Wildman–Crippen LogP) is 5.38. The van der Waals surface area contributed by atoms with E-state index in [1.54, 1.807) is 0 Å². The standard InChI is InChI=1S/C25H25NO2/c1-26(2)23-15-13-19(14-16-23)22(17-24(27)20-9-5-3-6-10-20)18-25(28)21-11-7-4-8-12-21/h3-16,22H,17-18H2,1-2H3. The molecular formula is C25H25NO2. The number of carbonyl (C=O) groups is 2. The highest BCUT2D eigenvalue weighted by atomic mass is 16.1. The lowest BCUT2D eigenvalue weighted by molar-refractivity contribution is 0.0944. The monoisotopic (exact) mass is 371 g/mol. The lowest BCUT2D eigenvalue weighted by Gasteiger charge is -2.18. The molecule has 0 saturated heterocycles. The van der Waals surface area contributed by atoms with E-state index in [9.17, 15) is 9.59 Å². The zero-order valence-electron chi connectivity index (χ0n) is 16.3. The van der Waals surface area contributed by atoms with Gasteiger partial charge in [0.05, 0.1) is 0 Å². The van der Waals surface area contributed by atoms with Gasteiger partial charge in [0.25, 0.3) is 0 Å². The van der Waals surface area contributed by atoms with E-state index in [0.29, 0.717) is 24.0 Å². The van der Waals surface area contributed by atoms with E-state index in [2.05, 4.69) is 0 Å². The van der Waals surface area contributed by atoms with Crippen molar-refractivity contribution in [3.8, 4) is 0 Å². The highest BCUT2D eigenvalue weighted by Gasteiger charge is 2.21. The second-order valence-electron chi connectivity index (χ2n) is 7.17. The van der Waals surface area contributed by atoms with Crippen molar-refractivity contribution < 1.29 is 9.59 Å². The van der Waals surface area contributed by atoms with Gasteiger partial charge in [-0.05, 0) is 23.6 Å². The van der Waals surface area contributed by atoms with Gasteiger partial charge >= 0.3 is 0 Å². The molecule has 0 aliphatic carbocycles. The van der Waals surface area contributed by atoms with E-state index in [0.717, 1.165) is 11.3 Å². The maximum absolute atomic E-state index is 12.8. The summed E-state index contributed by atoms with van der Waals surface area (Å²) in [5.41, 5.74) is 3.47. The first-order valence-corrected chi connectivity index (χ1v) is 9.48. The Hall–Kier alpha value is -3.20. The Labute approximate surface area is 166 Å². The Bertz CT molecular complexity index is 862. The van der Waals surface area contributed by atoms with E-state index < -0.39 is 0 Å². The van der Waals surface area contributed by atoms with Crippen LogP contribution in [0.15, 0.2) is 84.9 Å². The van der Waals surface area contributed by atoms with Crippen LogP contribution in [0.25, 0.3) is 0 Å². The molecule has 0 heterocycles. The molecule has 0 spiro atoms. The van der Waals surface area contributed by atoms with Crippen molar-refractivity contribution in [3.63, 3.8) is 0 Å². The molecule has 3 nitrogen and oxygen atoms in total. The molecule has 0 radical (unpaired) electrons. The van der Waals surface area contributed by atoms with Crippen LogP contribution in [-0.2, 0) is 0 Å². The zero-order valence-corrected chi connectivity index (χ0v) is 16.3. The number of hydrogen-bond donors (Lipinski definition) is 0. The number of carbonyl (C=O) groups excluding carboxylic acids is 2. The maximum atomic E-state index is 12.8. The molecule has 0 aliphatic rings. The molecule has 0 bridgehead atoms. The number of benzene rings is 3. The van der Waals surface area contributed by atoms with Gasteiger partial charge in [-0.1, -0.05) is 72.8 Å². The van der Waals surface area contributed by atoms with Crippen LogP contribution >= 0.6 is 0 Å². The van der Waals surface area contributed by atoms with Crippen LogP contribution in [0.2, 0.25) is 0 Å². The van der Waals surface area contributed by atoms with Crippen LogP contribution in [0.5, 0.6) is 0 Å². The summed E-state index contributed by atoms with van der Waals surface area (Å²) in [6.45, 7) is 0. The topological polar surface area (TPSA) is 37.4 Å². The average molecular weight is 371 g/mol. The molecule has 3 rings (SSSR count). The molecule has 0 aliphatic heterocycles. The van der Waals surface area contributed by atoms with Crippen LogP contribution in [0.1, 0.15) is 45.0 Å². The van der Waals surface area contributed by atoms with Crippen LogP contribution in [0.4, 0.5) is 5.69 Å². The molecule has 0 fully saturated rings. The number of ketones is 2. The summed E-state index contributed by atoms with van der Waals surface area (Å²) in [4.78, 5) is 27.6. The highest BCUT2D eigenvalue weighted by molar-refractivity contribution is 5.99. The molecule has 28 heavy (non-hydrogen) atoms. The van der Waals surface area contributed by atoms with Gasteiger partial charge in [0, 0.05) is 43.8 Å². The minimum absolute atomic E-state index is 0.0585. The van der Waals surface area contributed by atoms with Gasteiger partial charge in [0.1, 0.15) is 0 Å². The lowest BCUT2D eigenvalue weighted by Crippen LogP contribution is -2.13. The normalized spacial score (nSPS) is 10.7. The van der Waals surface area contributed by atoms with E-state index >= 15 is 0 Å². The summed E-state index contributed by atoms with van der Waals surface area (Å²) in [5, 5.41) is 0. The molecule has 3 aromatic carbocycles. The predicted molar refractivity (Wildman–Crippen MR) is 114 cm³/mol. The van der Waals surface area contributed by atoms with Gasteiger partial charge in [-0.25, -0.2) is 0 Å². The molecular weight excluding hydrogens is 346 g/mol. The van der Waals surface area contributed by atoms with Crippen LogP contribution < -0.4 is 4.90 Å². The molecule has 0 unspecified atom stereocenters. The van der Waals surface area contributed by atoms with Crippen molar-refractivity contribution in [1.29, 1.82) is 0 Å². The third kappa shape index (κ3) is 4.95. The molecule has 0 saturated carbocycles. The van der Waals surface area contributed by atoms with Crippen molar-refractivity contribution in [3.05, 3.63) is 102 Å². The first-order valence-electron chi connectivity index (χ1n) is 9.48. The number of rotatable bonds is 8. The summed E-state index contributed by atoms with van der Waals surface area (Å²) in [6, 6.07) is 26.7. The van der Waals surface area contributed by atoms with Gasteiger partial charge < -0.3 is 4.90 Å². The summed E-state index contributed by atoms with van der Waals surface area (Å²) < 4.78 is 0. The molecule has 142 valence electrons. The van der Waals surface area contributed by atoms with Gasteiger partial charge in [-0.2, -0.15) is 0 Å². The van der Waals surface area contributed by atoms with E-state index in [-0.39, 0.29) is 17.5 Å². The van der Waals surface area contributed by atoms with E-state index in [1.165, 1.54) is 0 Å². The van der Waals surface area contributed by atoms with Gasteiger partial charge in [-0.15, -0.1) is 0 Å². The largest absolute Gasteiger partial charge is 0.378 e. The third-order valence-electron chi connectivity index (χ3n) is 4.94. The van der Waals surface area contributed by atoms with Crippen molar-refractivity contribution in [2.24, 2.45) is 0 Å². The fourth-order valence-corrected chi connectivity index (χ4v) is 3.28. The summed E-state index contributed by atoms with van der Waals surface area (Å²) in [7, 11) is 3.98. The Morgan fingerprint density at radius 2 is 1.11 bits per heavy atom. The molecule has 0 aromatic heterocycles. The van der Waals surface area contributed by atoms with Crippen molar-refractivity contribution in [2.75, 3.05) is 19.0 Å². The summed E-state index contributed by atoms with van der Waals surface area (Å²) >= 11 is 0. The zero-order chi connectivity index (χ0) is 19.9. The SMILES string of the molecule is CN(C)c1ccc(C(CC(=O)c2ccccc2)CC(=O)c2ccccc2)cc1. The van der Waals surface area contributed by atoms with Crippen LogP contribution in [0.3, 0.4) is 0 Å². The van der Waals surface area contributed by atoms with Gasteiger partial charge in [0.2, 0.25) is 0 Å².